The minimum atomic E-state index is -4.41. The molecule has 7 heteroatoms. The fourth-order valence-corrected chi connectivity index (χ4v) is 3.22. The van der Waals surface area contributed by atoms with Gasteiger partial charge in [0.2, 0.25) is 0 Å². The zero-order valence-electron chi connectivity index (χ0n) is 10.8. The summed E-state index contributed by atoms with van der Waals surface area (Å²) in [5.41, 5.74) is -0.809. The van der Waals surface area contributed by atoms with Crippen molar-refractivity contribution in [3.05, 3.63) is 22.8 Å². The van der Waals surface area contributed by atoms with E-state index >= 15 is 0 Å². The fourth-order valence-electron chi connectivity index (χ4n) is 2.57. The number of rotatable bonds is 4. The second kappa shape index (κ2) is 6.52. The van der Waals surface area contributed by atoms with Crippen LogP contribution in [0.3, 0.4) is 0 Å². The van der Waals surface area contributed by atoms with Crippen LogP contribution in [0.5, 0.6) is 0 Å². The van der Waals surface area contributed by atoms with E-state index in [4.69, 9.17) is 11.6 Å². The zero-order chi connectivity index (χ0) is 14.8. The van der Waals surface area contributed by atoms with Crippen LogP contribution in [0.25, 0.3) is 0 Å². The molecule has 0 spiro atoms. The molecule has 1 saturated carbocycles. The number of nitrogens with zero attached hydrogens (tertiary/aromatic N) is 2. The van der Waals surface area contributed by atoms with Crippen LogP contribution >= 0.6 is 27.5 Å². The Morgan fingerprint density at radius 2 is 2.00 bits per heavy atom. The number of aromatic nitrogens is 1. The van der Waals surface area contributed by atoms with Gasteiger partial charge in [-0.25, -0.2) is 4.98 Å². The van der Waals surface area contributed by atoms with Gasteiger partial charge >= 0.3 is 6.18 Å². The molecule has 0 aromatic carbocycles. The Kier molecular flexibility index (Phi) is 5.18. The van der Waals surface area contributed by atoms with Gasteiger partial charge < -0.3 is 4.90 Å². The lowest BCUT2D eigenvalue weighted by molar-refractivity contribution is -0.137. The molecule has 0 N–H and O–H groups in total. The highest BCUT2D eigenvalue weighted by molar-refractivity contribution is 9.09. The van der Waals surface area contributed by atoms with Crippen molar-refractivity contribution in [2.24, 2.45) is 0 Å². The number of pyridine rings is 1. The molecular weight excluding hydrogens is 357 g/mol. The third kappa shape index (κ3) is 3.58. The molecular formula is C13H15BrClF3N2. The summed E-state index contributed by atoms with van der Waals surface area (Å²) in [6.45, 7) is 0.683. The van der Waals surface area contributed by atoms with E-state index in [1.165, 1.54) is 0 Å². The molecule has 1 aliphatic carbocycles. The third-order valence-corrected chi connectivity index (χ3v) is 4.14. The van der Waals surface area contributed by atoms with Crippen molar-refractivity contribution < 1.29 is 13.2 Å². The predicted octanol–water partition coefficient (Wildman–Crippen LogP) is 4.90. The Bertz CT molecular complexity index is 461. The van der Waals surface area contributed by atoms with Crippen molar-refractivity contribution in [3.63, 3.8) is 0 Å². The molecule has 2 nitrogen and oxygen atoms in total. The van der Waals surface area contributed by atoms with Crippen LogP contribution in [-0.2, 0) is 6.18 Å². The topological polar surface area (TPSA) is 16.1 Å². The number of alkyl halides is 4. The SMILES string of the molecule is FC(F)(F)c1cnc(N(CCBr)C2CCCC2)c(Cl)c1. The smallest absolute Gasteiger partial charge is 0.352 e. The lowest BCUT2D eigenvalue weighted by atomic mass is 10.2. The van der Waals surface area contributed by atoms with Crippen LogP contribution in [0, 0.1) is 0 Å². The predicted molar refractivity (Wildman–Crippen MR) is 77.6 cm³/mol. The van der Waals surface area contributed by atoms with Crippen molar-refractivity contribution >= 4 is 33.3 Å². The summed E-state index contributed by atoms with van der Waals surface area (Å²) in [6, 6.07) is 1.27. The molecule has 0 radical (unpaired) electrons. The maximum atomic E-state index is 12.6. The standard InChI is InChI=1S/C13H15BrClF3N2/c14-5-6-20(10-3-1-2-4-10)12-11(15)7-9(8-19-12)13(16,17)18/h7-8,10H,1-6H2. The summed E-state index contributed by atoms with van der Waals surface area (Å²) in [5, 5.41) is 0.787. The molecule has 1 aromatic heterocycles. The monoisotopic (exact) mass is 370 g/mol. The Morgan fingerprint density at radius 3 is 2.50 bits per heavy atom. The van der Waals surface area contributed by atoms with Gasteiger partial charge in [-0.05, 0) is 18.9 Å². The number of anilines is 1. The summed E-state index contributed by atoms with van der Waals surface area (Å²) in [5.74, 6) is 0.450. The van der Waals surface area contributed by atoms with Crippen LogP contribution in [0.1, 0.15) is 31.2 Å². The van der Waals surface area contributed by atoms with Gasteiger partial charge in [0, 0.05) is 24.1 Å². The number of halogens is 5. The first-order valence-electron chi connectivity index (χ1n) is 6.49. The first-order chi connectivity index (χ1) is 9.43. The second-order valence-electron chi connectivity index (χ2n) is 4.85. The highest BCUT2D eigenvalue weighted by Gasteiger charge is 2.33. The Morgan fingerprint density at radius 1 is 1.35 bits per heavy atom. The van der Waals surface area contributed by atoms with E-state index in [0.29, 0.717) is 18.4 Å². The number of hydrogen-bond donors (Lipinski definition) is 0. The van der Waals surface area contributed by atoms with Crippen LogP contribution in [0.2, 0.25) is 5.02 Å². The van der Waals surface area contributed by atoms with E-state index in [2.05, 4.69) is 20.9 Å². The molecule has 112 valence electrons. The van der Waals surface area contributed by atoms with E-state index in [0.717, 1.165) is 43.3 Å². The Balaban J connectivity index is 2.29. The van der Waals surface area contributed by atoms with Crippen LogP contribution in [0.4, 0.5) is 19.0 Å². The molecule has 0 bridgehead atoms. The minimum Gasteiger partial charge on any atom is -0.352 e. The van der Waals surface area contributed by atoms with Crippen LogP contribution < -0.4 is 4.90 Å². The fraction of sp³-hybridized carbons (Fsp3) is 0.615. The second-order valence-corrected chi connectivity index (χ2v) is 6.05. The molecule has 1 aromatic rings. The van der Waals surface area contributed by atoms with Gasteiger partial charge in [-0.1, -0.05) is 40.4 Å². The molecule has 0 unspecified atom stereocenters. The Labute approximate surface area is 129 Å². The minimum absolute atomic E-state index is 0.0627. The highest BCUT2D eigenvalue weighted by Crippen LogP contribution is 2.35. The maximum Gasteiger partial charge on any atom is 0.417 e. The van der Waals surface area contributed by atoms with Gasteiger partial charge in [0.1, 0.15) is 5.82 Å². The van der Waals surface area contributed by atoms with Crippen molar-refractivity contribution in [2.75, 3.05) is 16.8 Å². The summed E-state index contributed by atoms with van der Waals surface area (Å²) in [7, 11) is 0. The third-order valence-electron chi connectivity index (χ3n) is 3.51. The largest absolute Gasteiger partial charge is 0.417 e. The van der Waals surface area contributed by atoms with E-state index in [9.17, 15) is 13.2 Å². The van der Waals surface area contributed by atoms with Crippen molar-refractivity contribution in [1.82, 2.24) is 4.98 Å². The van der Waals surface area contributed by atoms with Crippen molar-refractivity contribution in [2.45, 2.75) is 37.9 Å². The van der Waals surface area contributed by atoms with Crippen molar-refractivity contribution in [3.8, 4) is 0 Å². The van der Waals surface area contributed by atoms with Gasteiger partial charge in [-0.2, -0.15) is 13.2 Å². The van der Waals surface area contributed by atoms with Crippen LogP contribution in [0.15, 0.2) is 12.3 Å². The van der Waals surface area contributed by atoms with Gasteiger partial charge in [-0.15, -0.1) is 0 Å². The molecule has 1 heterocycles. The Hall–Kier alpha value is -0.490. The first-order valence-corrected chi connectivity index (χ1v) is 7.98. The maximum absolute atomic E-state index is 12.6. The average molecular weight is 372 g/mol. The molecule has 20 heavy (non-hydrogen) atoms. The molecule has 1 fully saturated rings. The molecule has 2 rings (SSSR count). The molecule has 1 aliphatic rings. The van der Waals surface area contributed by atoms with E-state index in [1.807, 2.05) is 4.90 Å². The van der Waals surface area contributed by atoms with Crippen molar-refractivity contribution in [1.29, 1.82) is 0 Å². The molecule has 0 saturated heterocycles. The van der Waals surface area contributed by atoms with Gasteiger partial charge in [0.25, 0.3) is 0 Å². The van der Waals surface area contributed by atoms with E-state index < -0.39 is 11.7 Å². The zero-order valence-corrected chi connectivity index (χ0v) is 13.1. The first kappa shape index (κ1) is 15.9. The summed E-state index contributed by atoms with van der Waals surface area (Å²) < 4.78 is 37.9. The number of hydrogen-bond acceptors (Lipinski definition) is 2. The van der Waals surface area contributed by atoms with E-state index in [1.54, 1.807) is 0 Å². The lowest BCUT2D eigenvalue weighted by Gasteiger charge is -2.30. The summed E-state index contributed by atoms with van der Waals surface area (Å²) in [4.78, 5) is 5.98. The van der Waals surface area contributed by atoms with Gasteiger partial charge in [0.05, 0.1) is 10.6 Å². The normalized spacial score (nSPS) is 16.6. The van der Waals surface area contributed by atoms with E-state index in [-0.39, 0.29) is 5.02 Å². The summed E-state index contributed by atoms with van der Waals surface area (Å²) in [6.07, 6.45) is 0.793. The van der Waals surface area contributed by atoms with Gasteiger partial charge in [-0.3, -0.25) is 0 Å². The molecule has 0 atom stereocenters. The van der Waals surface area contributed by atoms with Crippen LogP contribution in [-0.4, -0.2) is 22.9 Å². The summed E-state index contributed by atoms with van der Waals surface area (Å²) >= 11 is 9.40. The lowest BCUT2D eigenvalue weighted by Crippen LogP contribution is -2.35. The highest BCUT2D eigenvalue weighted by atomic mass is 79.9. The van der Waals surface area contributed by atoms with Gasteiger partial charge in [0.15, 0.2) is 0 Å². The average Bonchev–Trinajstić information content (AvgIpc) is 2.89. The molecule has 0 aliphatic heterocycles. The molecule has 0 amide bonds. The quantitative estimate of drug-likeness (QED) is 0.700.